The Morgan fingerprint density at radius 3 is 2.19 bits per heavy atom. The minimum absolute atomic E-state index is 0. The number of benzene rings is 1. The Balaban J connectivity index is 0.00000181. The van der Waals surface area contributed by atoms with Gasteiger partial charge in [0.05, 0.1) is 37.6 Å². The Labute approximate surface area is 196 Å². The summed E-state index contributed by atoms with van der Waals surface area (Å²) >= 11 is 0. The summed E-state index contributed by atoms with van der Waals surface area (Å²) in [5.74, 6) is 5.91. The second-order valence-electron chi connectivity index (χ2n) is 6.79. The zero-order valence-corrected chi connectivity index (χ0v) is 18.8. The molecule has 176 valence electrons. The van der Waals surface area contributed by atoms with Crippen molar-refractivity contribution in [1.82, 2.24) is 14.9 Å². The average molecular weight is 490 g/mol. The number of hydrazone groups is 1. The number of hydrogen-bond acceptors (Lipinski definition) is 11. The van der Waals surface area contributed by atoms with Crippen LogP contribution in [0.3, 0.4) is 0 Å². The van der Waals surface area contributed by atoms with Crippen LogP contribution in [0.2, 0.25) is 0 Å². The van der Waals surface area contributed by atoms with E-state index >= 15 is 0 Å². The quantitative estimate of drug-likeness (QED) is 0.258. The molecular weight excluding hydrogens is 465 g/mol. The van der Waals surface area contributed by atoms with Gasteiger partial charge in [-0.1, -0.05) is 0 Å². The molecule has 0 bridgehead atoms. The fourth-order valence-electron chi connectivity index (χ4n) is 3.45. The molecule has 2 aliphatic rings. The Morgan fingerprint density at radius 2 is 1.66 bits per heavy atom. The molecule has 2 aliphatic heterocycles. The molecule has 0 unspecified atom stereocenters. The van der Waals surface area contributed by atoms with Gasteiger partial charge in [0.15, 0.2) is 0 Å². The van der Waals surface area contributed by atoms with Crippen LogP contribution < -0.4 is 21.1 Å². The molecule has 1 aromatic heterocycles. The molecule has 0 spiro atoms. The van der Waals surface area contributed by atoms with Crippen molar-refractivity contribution < 1.29 is 14.4 Å². The number of rotatable bonds is 6. The lowest BCUT2D eigenvalue weighted by Crippen LogP contribution is -2.38. The standard InChI is InChI=1S/C17H23N9O4.2ClH/c18-25-12-20-22-17(25)21-19-11-13-9-16(26(27)28)15(24-3-7-30-8-4-24)10-14(13)23-1-5-29-6-2-23;;/h9-12H,1-8,18H2,(H,21,22);2*1H/b19-11+;;. The number of nitro benzene ring substituents is 1. The van der Waals surface area contributed by atoms with Gasteiger partial charge in [0.25, 0.3) is 11.6 Å². The van der Waals surface area contributed by atoms with Crippen molar-refractivity contribution >= 4 is 54.0 Å². The number of halogens is 2. The number of nitrogen functional groups attached to an aromatic ring is 1. The first kappa shape index (κ1) is 25.4. The molecule has 3 N–H and O–H groups in total. The maximum atomic E-state index is 11.8. The second-order valence-corrected chi connectivity index (χ2v) is 6.79. The maximum absolute atomic E-state index is 11.8. The SMILES string of the molecule is Cl.Cl.Nn1cnnc1N/N=C/c1cc([N+](=O)[O-])c(N2CCOCC2)cc1N1CCOCC1. The monoisotopic (exact) mass is 489 g/mol. The maximum Gasteiger partial charge on any atom is 0.293 e. The van der Waals surface area contributed by atoms with Gasteiger partial charge in [-0.3, -0.25) is 10.1 Å². The summed E-state index contributed by atoms with van der Waals surface area (Å²) < 4.78 is 12.0. The normalized spacial score (nSPS) is 16.4. The van der Waals surface area contributed by atoms with Gasteiger partial charge in [-0.05, 0) is 6.07 Å². The van der Waals surface area contributed by atoms with Crippen LogP contribution in [0.5, 0.6) is 0 Å². The zero-order chi connectivity index (χ0) is 20.9. The summed E-state index contributed by atoms with van der Waals surface area (Å²) in [6.07, 6.45) is 2.86. The van der Waals surface area contributed by atoms with Crippen LogP contribution in [0.4, 0.5) is 23.0 Å². The first-order valence-corrected chi connectivity index (χ1v) is 9.55. The molecule has 1 aromatic carbocycles. The molecule has 0 aliphatic carbocycles. The summed E-state index contributed by atoms with van der Waals surface area (Å²) in [4.78, 5) is 15.6. The summed E-state index contributed by atoms with van der Waals surface area (Å²) in [5.41, 5.74) is 4.76. The van der Waals surface area contributed by atoms with Gasteiger partial charge < -0.3 is 25.1 Å². The lowest BCUT2D eigenvalue weighted by atomic mass is 10.1. The highest BCUT2D eigenvalue weighted by Crippen LogP contribution is 2.36. The van der Waals surface area contributed by atoms with Crippen LogP contribution in [0.25, 0.3) is 0 Å². The summed E-state index contributed by atoms with van der Waals surface area (Å²) in [6, 6.07) is 3.41. The number of anilines is 3. The van der Waals surface area contributed by atoms with Gasteiger partial charge in [0.1, 0.15) is 12.0 Å². The average Bonchev–Trinajstić information content (AvgIpc) is 3.19. The first-order chi connectivity index (χ1) is 14.6. The molecule has 3 heterocycles. The van der Waals surface area contributed by atoms with E-state index in [9.17, 15) is 10.1 Å². The number of aromatic nitrogens is 3. The number of morpholine rings is 2. The Morgan fingerprint density at radius 1 is 1.06 bits per heavy atom. The number of hydrogen-bond donors (Lipinski definition) is 2. The summed E-state index contributed by atoms with van der Waals surface area (Å²) in [7, 11) is 0. The predicted octanol–water partition coefficient (Wildman–Crippen LogP) is 0.863. The Kier molecular flexibility index (Phi) is 9.26. The molecule has 0 saturated carbocycles. The highest BCUT2D eigenvalue weighted by molar-refractivity contribution is 5.92. The van der Waals surface area contributed by atoms with E-state index in [1.165, 1.54) is 17.2 Å². The molecular formula is C17H25Cl2N9O4. The smallest absolute Gasteiger partial charge is 0.293 e. The topological polar surface area (TPSA) is 149 Å². The van der Waals surface area contributed by atoms with E-state index in [4.69, 9.17) is 15.3 Å². The number of nitrogens with zero attached hydrogens (tertiary/aromatic N) is 7. The van der Waals surface area contributed by atoms with Crippen LogP contribution in [-0.4, -0.2) is 78.6 Å². The minimum Gasteiger partial charge on any atom is -0.378 e. The van der Waals surface area contributed by atoms with E-state index in [1.807, 2.05) is 11.0 Å². The molecule has 2 fully saturated rings. The van der Waals surface area contributed by atoms with E-state index in [0.717, 1.165) is 5.69 Å². The molecule has 0 radical (unpaired) electrons. The van der Waals surface area contributed by atoms with Gasteiger partial charge in [-0.15, -0.1) is 35.0 Å². The highest BCUT2D eigenvalue weighted by Gasteiger charge is 2.26. The van der Waals surface area contributed by atoms with Crippen molar-refractivity contribution in [3.63, 3.8) is 0 Å². The van der Waals surface area contributed by atoms with Gasteiger partial charge >= 0.3 is 0 Å². The number of nitrogens with two attached hydrogens (primary N) is 1. The predicted molar refractivity (Wildman–Crippen MR) is 125 cm³/mol. The van der Waals surface area contributed by atoms with Crippen molar-refractivity contribution in [3.05, 3.63) is 34.1 Å². The van der Waals surface area contributed by atoms with Crippen LogP contribution in [0.1, 0.15) is 5.56 Å². The zero-order valence-electron chi connectivity index (χ0n) is 17.1. The third kappa shape index (κ3) is 5.68. The minimum atomic E-state index is -0.366. The van der Waals surface area contributed by atoms with E-state index in [1.54, 1.807) is 6.07 Å². The fraction of sp³-hybridized carbons (Fsp3) is 0.471. The van der Waals surface area contributed by atoms with Crippen molar-refractivity contribution in [3.8, 4) is 0 Å². The Hall–Kier alpha value is -2.87. The van der Waals surface area contributed by atoms with Crippen molar-refractivity contribution in [1.29, 1.82) is 0 Å². The molecule has 15 heteroatoms. The second kappa shape index (κ2) is 11.7. The molecule has 32 heavy (non-hydrogen) atoms. The summed E-state index contributed by atoms with van der Waals surface area (Å²) in [6.45, 7) is 4.84. The molecule has 2 saturated heterocycles. The third-order valence-corrected chi connectivity index (χ3v) is 4.97. The lowest BCUT2D eigenvalue weighted by Gasteiger charge is -2.33. The van der Waals surface area contributed by atoms with E-state index in [2.05, 4.69) is 25.6 Å². The number of ether oxygens (including phenoxy) is 2. The summed E-state index contributed by atoms with van der Waals surface area (Å²) in [5, 5.41) is 23.4. The molecule has 13 nitrogen and oxygen atoms in total. The molecule has 0 amide bonds. The van der Waals surface area contributed by atoms with Crippen molar-refractivity contribution in [2.75, 3.05) is 73.7 Å². The molecule has 4 rings (SSSR count). The van der Waals surface area contributed by atoms with Gasteiger partial charge in [-0.25, -0.2) is 10.1 Å². The first-order valence-electron chi connectivity index (χ1n) is 9.55. The van der Waals surface area contributed by atoms with E-state index in [0.29, 0.717) is 63.9 Å². The van der Waals surface area contributed by atoms with Crippen LogP contribution in [0.15, 0.2) is 23.6 Å². The van der Waals surface area contributed by atoms with Crippen molar-refractivity contribution in [2.45, 2.75) is 0 Å². The number of nitro groups is 1. The van der Waals surface area contributed by atoms with Gasteiger partial charge in [-0.2, -0.15) is 5.10 Å². The largest absolute Gasteiger partial charge is 0.378 e. The molecule has 0 atom stereocenters. The van der Waals surface area contributed by atoms with Crippen LogP contribution in [-0.2, 0) is 9.47 Å². The van der Waals surface area contributed by atoms with Gasteiger partial charge in [0, 0.05) is 43.5 Å². The van der Waals surface area contributed by atoms with Gasteiger partial charge in [0.2, 0.25) is 0 Å². The van der Waals surface area contributed by atoms with Crippen LogP contribution >= 0.6 is 24.8 Å². The van der Waals surface area contributed by atoms with Crippen LogP contribution in [0, 0.1) is 10.1 Å². The Bertz CT molecular complexity index is 931. The molecule has 2 aromatic rings. The fourth-order valence-corrected chi connectivity index (χ4v) is 3.45. The van der Waals surface area contributed by atoms with E-state index in [-0.39, 0.29) is 41.4 Å². The lowest BCUT2D eigenvalue weighted by molar-refractivity contribution is -0.384. The number of nitrogens with one attached hydrogen (secondary N) is 1. The highest BCUT2D eigenvalue weighted by atomic mass is 35.5. The van der Waals surface area contributed by atoms with Crippen molar-refractivity contribution in [2.24, 2.45) is 5.10 Å². The third-order valence-electron chi connectivity index (χ3n) is 4.97. The van der Waals surface area contributed by atoms with E-state index < -0.39 is 0 Å².